The molecule has 0 bridgehead atoms. The Morgan fingerprint density at radius 1 is 1.22 bits per heavy atom. The van der Waals surface area contributed by atoms with Gasteiger partial charge in [0.15, 0.2) is 11.5 Å². The van der Waals surface area contributed by atoms with Gasteiger partial charge in [0.1, 0.15) is 5.82 Å². The summed E-state index contributed by atoms with van der Waals surface area (Å²) in [6.45, 7) is 0. The summed E-state index contributed by atoms with van der Waals surface area (Å²) in [7, 11) is 2.98. The van der Waals surface area contributed by atoms with Gasteiger partial charge in [-0.2, -0.15) is 5.10 Å². The highest BCUT2D eigenvalue weighted by molar-refractivity contribution is 6.32. The van der Waals surface area contributed by atoms with E-state index in [2.05, 4.69) is 10.5 Å². The molecule has 23 heavy (non-hydrogen) atoms. The third-order valence-electron chi connectivity index (χ3n) is 2.94. The molecule has 0 aliphatic rings. The second-order valence-electron chi connectivity index (χ2n) is 4.44. The van der Waals surface area contributed by atoms with Gasteiger partial charge in [-0.05, 0) is 42.0 Å². The fraction of sp³-hybridized carbons (Fsp3) is 0.125. The van der Waals surface area contributed by atoms with Gasteiger partial charge in [-0.1, -0.05) is 11.6 Å². The van der Waals surface area contributed by atoms with Crippen molar-refractivity contribution in [2.45, 2.75) is 0 Å². The summed E-state index contributed by atoms with van der Waals surface area (Å²) in [5.41, 5.74) is 3.26. The molecule has 5 nitrogen and oxygen atoms in total. The second kappa shape index (κ2) is 7.60. The van der Waals surface area contributed by atoms with Crippen LogP contribution in [-0.4, -0.2) is 26.3 Å². The van der Waals surface area contributed by atoms with Crippen molar-refractivity contribution in [3.63, 3.8) is 0 Å². The predicted octanol–water partition coefficient (Wildman–Crippen LogP) is 3.26. The average molecular weight is 337 g/mol. The minimum absolute atomic E-state index is 0.300. The number of benzene rings is 2. The normalized spacial score (nSPS) is 10.6. The van der Waals surface area contributed by atoms with Gasteiger partial charge in [0.25, 0.3) is 5.91 Å². The van der Waals surface area contributed by atoms with E-state index >= 15 is 0 Å². The fourth-order valence-corrected chi connectivity index (χ4v) is 2.14. The lowest BCUT2D eigenvalue weighted by Crippen LogP contribution is -2.17. The number of hydrazone groups is 1. The third-order valence-corrected chi connectivity index (χ3v) is 3.22. The van der Waals surface area contributed by atoms with Gasteiger partial charge in [0.2, 0.25) is 0 Å². The van der Waals surface area contributed by atoms with Gasteiger partial charge in [-0.3, -0.25) is 4.79 Å². The standard InChI is InChI=1S/C16H14ClFN2O3/c1-22-14-8-10(7-13(17)15(14)23-2)9-19-20-16(21)11-3-5-12(18)6-4-11/h3-9H,1-2H3,(H,20,21)/b19-9-. The first-order chi connectivity index (χ1) is 11.0. The van der Waals surface area contributed by atoms with E-state index in [-0.39, 0.29) is 0 Å². The molecule has 0 aliphatic heterocycles. The molecule has 120 valence electrons. The lowest BCUT2D eigenvalue weighted by atomic mass is 10.2. The summed E-state index contributed by atoms with van der Waals surface area (Å²) in [5.74, 6) is 0.00539. The Hall–Kier alpha value is -2.60. The Bertz CT molecular complexity index is 733. The van der Waals surface area contributed by atoms with Gasteiger partial charge < -0.3 is 9.47 Å². The van der Waals surface area contributed by atoms with Gasteiger partial charge >= 0.3 is 0 Å². The first-order valence-electron chi connectivity index (χ1n) is 6.55. The molecule has 0 heterocycles. The van der Waals surface area contributed by atoms with E-state index in [1.54, 1.807) is 12.1 Å². The summed E-state index contributed by atoms with van der Waals surface area (Å²) < 4.78 is 23.1. The van der Waals surface area contributed by atoms with Crippen molar-refractivity contribution >= 4 is 23.7 Å². The SMILES string of the molecule is COc1cc(/C=N\NC(=O)c2ccc(F)cc2)cc(Cl)c1OC. The predicted molar refractivity (Wildman–Crippen MR) is 86.0 cm³/mol. The Morgan fingerprint density at radius 2 is 1.91 bits per heavy atom. The van der Waals surface area contributed by atoms with E-state index < -0.39 is 11.7 Å². The van der Waals surface area contributed by atoms with Crippen molar-refractivity contribution in [2.75, 3.05) is 14.2 Å². The summed E-state index contributed by atoms with van der Waals surface area (Å²) in [4.78, 5) is 11.8. The number of carbonyl (C=O) groups is 1. The lowest BCUT2D eigenvalue weighted by Gasteiger charge is -2.09. The molecular weight excluding hydrogens is 323 g/mol. The first kappa shape index (κ1) is 16.8. The summed E-state index contributed by atoms with van der Waals surface area (Å²) in [5, 5.41) is 4.20. The largest absolute Gasteiger partial charge is 0.493 e. The molecular formula is C16H14ClFN2O3. The van der Waals surface area contributed by atoms with Crippen LogP contribution in [0.3, 0.4) is 0 Å². The summed E-state index contributed by atoms with van der Waals surface area (Å²) in [6.07, 6.45) is 1.41. The molecule has 7 heteroatoms. The van der Waals surface area contributed by atoms with E-state index in [4.69, 9.17) is 21.1 Å². The topological polar surface area (TPSA) is 59.9 Å². The zero-order valence-electron chi connectivity index (χ0n) is 12.5. The number of amides is 1. The van der Waals surface area contributed by atoms with Crippen LogP contribution in [0.2, 0.25) is 5.02 Å². The highest BCUT2D eigenvalue weighted by Gasteiger charge is 2.10. The van der Waals surface area contributed by atoms with Crippen molar-refractivity contribution in [3.05, 3.63) is 58.4 Å². The molecule has 0 radical (unpaired) electrons. The van der Waals surface area contributed by atoms with Crippen LogP contribution < -0.4 is 14.9 Å². The smallest absolute Gasteiger partial charge is 0.271 e. The van der Waals surface area contributed by atoms with Crippen LogP contribution in [0.5, 0.6) is 11.5 Å². The van der Waals surface area contributed by atoms with Crippen molar-refractivity contribution < 1.29 is 18.7 Å². The maximum Gasteiger partial charge on any atom is 0.271 e. The van der Waals surface area contributed by atoms with Crippen molar-refractivity contribution in [1.82, 2.24) is 5.43 Å². The van der Waals surface area contributed by atoms with Crippen molar-refractivity contribution in [3.8, 4) is 11.5 Å². The molecule has 1 amide bonds. The molecule has 0 atom stereocenters. The van der Waals surface area contributed by atoms with Gasteiger partial charge in [0, 0.05) is 5.56 Å². The minimum atomic E-state index is -0.451. The van der Waals surface area contributed by atoms with E-state index in [0.717, 1.165) is 0 Å². The quantitative estimate of drug-likeness (QED) is 0.673. The molecule has 0 saturated heterocycles. The number of nitrogens with zero attached hydrogens (tertiary/aromatic N) is 1. The number of hydrogen-bond donors (Lipinski definition) is 1. The maximum atomic E-state index is 12.8. The number of halogens is 2. The van der Waals surface area contributed by atoms with Crippen LogP contribution in [0.4, 0.5) is 4.39 Å². The molecule has 2 rings (SSSR count). The van der Waals surface area contributed by atoms with E-state index in [1.165, 1.54) is 44.7 Å². The zero-order valence-corrected chi connectivity index (χ0v) is 13.2. The van der Waals surface area contributed by atoms with Crippen LogP contribution in [-0.2, 0) is 0 Å². The van der Waals surface area contributed by atoms with E-state index in [1.807, 2.05) is 0 Å². The van der Waals surface area contributed by atoms with E-state index in [0.29, 0.717) is 27.6 Å². The van der Waals surface area contributed by atoms with E-state index in [9.17, 15) is 9.18 Å². The number of ether oxygens (including phenoxy) is 2. The van der Waals surface area contributed by atoms with Crippen molar-refractivity contribution in [2.24, 2.45) is 5.10 Å². The minimum Gasteiger partial charge on any atom is -0.493 e. The van der Waals surface area contributed by atoms with Crippen LogP contribution in [0.25, 0.3) is 0 Å². The second-order valence-corrected chi connectivity index (χ2v) is 4.85. The fourth-order valence-electron chi connectivity index (χ4n) is 1.84. The summed E-state index contributed by atoms with van der Waals surface area (Å²) in [6, 6.07) is 8.43. The molecule has 0 aliphatic carbocycles. The highest BCUT2D eigenvalue weighted by atomic mass is 35.5. The number of carbonyl (C=O) groups excluding carboxylic acids is 1. The number of hydrogen-bond acceptors (Lipinski definition) is 4. The third kappa shape index (κ3) is 4.20. The Labute approximate surface area is 137 Å². The monoisotopic (exact) mass is 336 g/mol. The molecule has 0 saturated carbocycles. The molecule has 2 aromatic rings. The molecule has 2 aromatic carbocycles. The van der Waals surface area contributed by atoms with Crippen molar-refractivity contribution in [1.29, 1.82) is 0 Å². The molecule has 1 N–H and O–H groups in total. The Kier molecular flexibility index (Phi) is 5.54. The number of nitrogens with one attached hydrogen (secondary N) is 1. The first-order valence-corrected chi connectivity index (χ1v) is 6.93. The van der Waals surface area contributed by atoms with Crippen LogP contribution in [0.15, 0.2) is 41.5 Å². The van der Waals surface area contributed by atoms with Crippen LogP contribution >= 0.6 is 11.6 Å². The molecule has 0 aromatic heterocycles. The molecule has 0 spiro atoms. The number of rotatable bonds is 5. The zero-order chi connectivity index (χ0) is 16.8. The lowest BCUT2D eigenvalue weighted by molar-refractivity contribution is 0.0955. The molecule has 0 unspecified atom stereocenters. The maximum absolute atomic E-state index is 12.8. The number of methoxy groups -OCH3 is 2. The Balaban J connectivity index is 2.10. The van der Waals surface area contributed by atoms with Gasteiger partial charge in [-0.15, -0.1) is 0 Å². The average Bonchev–Trinajstić information content (AvgIpc) is 2.54. The van der Waals surface area contributed by atoms with Gasteiger partial charge in [-0.25, -0.2) is 9.82 Å². The highest BCUT2D eigenvalue weighted by Crippen LogP contribution is 2.35. The van der Waals surface area contributed by atoms with Gasteiger partial charge in [0.05, 0.1) is 25.5 Å². The Morgan fingerprint density at radius 3 is 2.52 bits per heavy atom. The van der Waals surface area contributed by atoms with Crippen LogP contribution in [0.1, 0.15) is 15.9 Å². The molecule has 0 fully saturated rings. The van der Waals surface area contributed by atoms with Crippen LogP contribution in [0, 0.1) is 5.82 Å². The summed E-state index contributed by atoms with van der Waals surface area (Å²) >= 11 is 6.08.